The van der Waals surface area contributed by atoms with Crippen LogP contribution in [-0.2, 0) is 10.0 Å². The van der Waals surface area contributed by atoms with Crippen molar-refractivity contribution in [2.45, 2.75) is 38.9 Å². The van der Waals surface area contributed by atoms with Gasteiger partial charge in [-0.2, -0.15) is 0 Å². The highest BCUT2D eigenvalue weighted by molar-refractivity contribution is 7.89. The second kappa shape index (κ2) is 6.27. The van der Waals surface area contributed by atoms with Gasteiger partial charge in [-0.1, -0.05) is 13.8 Å². The lowest BCUT2D eigenvalue weighted by Crippen LogP contribution is -2.38. The molecule has 1 aromatic rings. The largest absolute Gasteiger partial charge is 0.351 e. The van der Waals surface area contributed by atoms with Crippen LogP contribution in [0.1, 0.15) is 48.6 Å². The minimum atomic E-state index is -3.66. The average molecular weight is 300 g/mol. The van der Waals surface area contributed by atoms with Gasteiger partial charge in [-0.05, 0) is 19.8 Å². The maximum Gasteiger partial charge on any atom is 0.254 e. The molecule has 1 amide bonds. The Morgan fingerprint density at radius 1 is 1.40 bits per heavy atom. The van der Waals surface area contributed by atoms with E-state index in [4.69, 9.17) is 5.14 Å². The highest BCUT2D eigenvalue weighted by Gasteiger charge is 2.20. The number of nitrogens with zero attached hydrogens (tertiary/aromatic N) is 2. The van der Waals surface area contributed by atoms with Gasteiger partial charge in [0.05, 0.1) is 16.5 Å². The van der Waals surface area contributed by atoms with Crippen LogP contribution < -0.4 is 10.5 Å². The van der Waals surface area contributed by atoms with Gasteiger partial charge in [0, 0.05) is 12.7 Å². The average Bonchev–Trinajstić information content (AvgIpc) is 2.34. The molecule has 0 fully saturated rings. The molecule has 1 unspecified atom stereocenters. The third-order valence-corrected chi connectivity index (χ3v) is 4.13. The smallest absolute Gasteiger partial charge is 0.254 e. The monoisotopic (exact) mass is 300 g/mol. The van der Waals surface area contributed by atoms with Gasteiger partial charge in [-0.25, -0.2) is 23.5 Å². The summed E-state index contributed by atoms with van der Waals surface area (Å²) in [4.78, 5) is 20.3. The second-order valence-corrected chi connectivity index (χ2v) is 6.96. The first kappa shape index (κ1) is 16.5. The Bertz CT molecular complexity index is 599. The first-order chi connectivity index (χ1) is 9.12. The van der Waals surface area contributed by atoms with Crippen molar-refractivity contribution < 1.29 is 13.2 Å². The van der Waals surface area contributed by atoms with Crippen molar-refractivity contribution in [2.75, 3.05) is 6.54 Å². The zero-order valence-corrected chi connectivity index (χ0v) is 12.9. The minimum Gasteiger partial charge on any atom is -0.351 e. The van der Waals surface area contributed by atoms with E-state index < -0.39 is 21.2 Å². The number of primary sulfonamides is 1. The van der Waals surface area contributed by atoms with Gasteiger partial charge in [0.2, 0.25) is 10.0 Å². The van der Waals surface area contributed by atoms with E-state index in [2.05, 4.69) is 15.3 Å². The minimum absolute atomic E-state index is 0.0525. The molecule has 0 aliphatic carbocycles. The summed E-state index contributed by atoms with van der Waals surface area (Å²) in [5, 5.41) is 6.69. The summed E-state index contributed by atoms with van der Waals surface area (Å²) in [6.45, 7) is 6.97. The summed E-state index contributed by atoms with van der Waals surface area (Å²) >= 11 is 0. The summed E-state index contributed by atoms with van der Waals surface area (Å²) in [5.74, 6) is 0.250. The quantitative estimate of drug-likeness (QED) is 0.812. The summed E-state index contributed by atoms with van der Waals surface area (Å²) < 4.78 is 22.2. The van der Waals surface area contributed by atoms with Gasteiger partial charge >= 0.3 is 0 Å². The molecule has 0 spiro atoms. The summed E-state index contributed by atoms with van der Waals surface area (Å²) in [6.07, 6.45) is 1.45. The van der Waals surface area contributed by atoms with Crippen molar-refractivity contribution in [3.8, 4) is 0 Å². The normalized spacial score (nSPS) is 13.3. The molecule has 1 atom stereocenters. The molecule has 0 aromatic carbocycles. The second-order valence-electron chi connectivity index (χ2n) is 4.98. The van der Waals surface area contributed by atoms with Crippen LogP contribution in [0.4, 0.5) is 0 Å². The molecular weight excluding hydrogens is 280 g/mol. The Kier molecular flexibility index (Phi) is 5.18. The van der Waals surface area contributed by atoms with E-state index in [-0.39, 0.29) is 12.5 Å². The van der Waals surface area contributed by atoms with Crippen molar-refractivity contribution in [1.29, 1.82) is 0 Å². The number of aryl methyl sites for hydroxylation is 1. The fraction of sp³-hybridized carbons (Fsp3) is 0.583. The molecule has 0 radical (unpaired) electrons. The third-order valence-electron chi connectivity index (χ3n) is 2.84. The molecular formula is C12H20N4O3S. The molecule has 1 heterocycles. The predicted octanol–water partition coefficient (Wildman–Crippen LogP) is 0.315. The van der Waals surface area contributed by atoms with Crippen LogP contribution in [0.15, 0.2) is 6.20 Å². The summed E-state index contributed by atoms with van der Waals surface area (Å²) in [7, 11) is -3.66. The van der Waals surface area contributed by atoms with E-state index in [0.717, 1.165) is 0 Å². The number of hydrogen-bond donors (Lipinski definition) is 2. The first-order valence-electron chi connectivity index (χ1n) is 6.26. The molecule has 0 saturated heterocycles. The fourth-order valence-electron chi connectivity index (χ4n) is 1.55. The van der Waals surface area contributed by atoms with Gasteiger partial charge in [0.15, 0.2) is 0 Å². The molecule has 0 saturated carbocycles. The van der Waals surface area contributed by atoms with Crippen LogP contribution in [0.5, 0.6) is 0 Å². The third kappa shape index (κ3) is 4.24. The van der Waals surface area contributed by atoms with Gasteiger partial charge in [0.1, 0.15) is 5.82 Å². The van der Waals surface area contributed by atoms with E-state index in [1.165, 1.54) is 13.1 Å². The maximum atomic E-state index is 12.1. The number of amides is 1. The van der Waals surface area contributed by atoms with Crippen LogP contribution in [-0.4, -0.2) is 36.1 Å². The van der Waals surface area contributed by atoms with Gasteiger partial charge < -0.3 is 5.32 Å². The number of hydrogen-bond acceptors (Lipinski definition) is 5. The number of rotatable bonds is 5. The predicted molar refractivity (Wildman–Crippen MR) is 75.8 cm³/mol. The van der Waals surface area contributed by atoms with Crippen LogP contribution in [0, 0.1) is 6.92 Å². The van der Waals surface area contributed by atoms with Crippen molar-refractivity contribution in [3.05, 3.63) is 23.3 Å². The molecule has 1 rings (SSSR count). The Labute approximate surface area is 119 Å². The van der Waals surface area contributed by atoms with E-state index in [1.807, 2.05) is 13.8 Å². The number of carbonyl (C=O) groups excluding carboxylic acids is 1. The topological polar surface area (TPSA) is 115 Å². The van der Waals surface area contributed by atoms with Crippen LogP contribution in [0.25, 0.3) is 0 Å². The Morgan fingerprint density at radius 3 is 2.50 bits per heavy atom. The molecule has 20 heavy (non-hydrogen) atoms. The SMILES string of the molecule is Cc1ncc(C(=O)NCC(C)S(N)(=O)=O)c(C(C)C)n1. The fourth-order valence-corrected chi connectivity index (χ4v) is 1.87. The van der Waals surface area contributed by atoms with Gasteiger partial charge in [-0.15, -0.1) is 0 Å². The van der Waals surface area contributed by atoms with Crippen molar-refractivity contribution >= 4 is 15.9 Å². The summed E-state index contributed by atoms with van der Waals surface area (Å²) in [5.41, 5.74) is 0.991. The van der Waals surface area contributed by atoms with Crippen LogP contribution in [0.3, 0.4) is 0 Å². The summed E-state index contributed by atoms with van der Waals surface area (Å²) in [6, 6.07) is 0. The number of carbonyl (C=O) groups is 1. The van der Waals surface area contributed by atoms with Crippen molar-refractivity contribution in [3.63, 3.8) is 0 Å². The number of nitrogens with one attached hydrogen (secondary N) is 1. The lowest BCUT2D eigenvalue weighted by atomic mass is 10.0. The van der Waals surface area contributed by atoms with Gasteiger partial charge in [-0.3, -0.25) is 4.79 Å². The Hall–Kier alpha value is -1.54. The number of nitrogens with two attached hydrogens (primary N) is 1. The number of aromatic nitrogens is 2. The van der Waals surface area contributed by atoms with E-state index in [0.29, 0.717) is 17.1 Å². The van der Waals surface area contributed by atoms with Crippen molar-refractivity contribution in [2.24, 2.45) is 5.14 Å². The lowest BCUT2D eigenvalue weighted by molar-refractivity contribution is 0.0951. The van der Waals surface area contributed by atoms with E-state index in [9.17, 15) is 13.2 Å². The Morgan fingerprint density at radius 2 is 2.00 bits per heavy atom. The van der Waals surface area contributed by atoms with Crippen LogP contribution in [0.2, 0.25) is 0 Å². The van der Waals surface area contributed by atoms with Gasteiger partial charge in [0.25, 0.3) is 5.91 Å². The zero-order chi connectivity index (χ0) is 15.5. The van der Waals surface area contributed by atoms with Crippen molar-refractivity contribution in [1.82, 2.24) is 15.3 Å². The molecule has 0 bridgehead atoms. The molecule has 1 aromatic heterocycles. The molecule has 7 nitrogen and oxygen atoms in total. The highest BCUT2D eigenvalue weighted by atomic mass is 32.2. The zero-order valence-electron chi connectivity index (χ0n) is 12.0. The molecule has 0 aliphatic rings. The molecule has 3 N–H and O–H groups in total. The Balaban J connectivity index is 2.88. The molecule has 112 valence electrons. The first-order valence-corrected chi connectivity index (χ1v) is 7.87. The van der Waals surface area contributed by atoms with Crippen LogP contribution >= 0.6 is 0 Å². The molecule has 8 heteroatoms. The van der Waals surface area contributed by atoms with E-state index in [1.54, 1.807) is 6.92 Å². The lowest BCUT2D eigenvalue weighted by Gasteiger charge is -2.14. The van der Waals surface area contributed by atoms with E-state index >= 15 is 0 Å². The standard InChI is InChI=1S/C12H20N4O3S/c1-7(2)11-10(6-14-9(4)16-11)12(17)15-5-8(3)20(13,18)19/h6-8H,5H2,1-4H3,(H,15,17)(H2,13,18,19). The molecule has 0 aliphatic heterocycles. The maximum absolute atomic E-state index is 12.1. The number of sulfonamides is 1. The highest BCUT2D eigenvalue weighted by Crippen LogP contribution is 2.16.